The highest BCUT2D eigenvalue weighted by Gasteiger charge is 2.37. The molecular formula is C26H39FN2O. The van der Waals surface area contributed by atoms with Gasteiger partial charge in [0.25, 0.3) is 0 Å². The molecule has 0 bridgehead atoms. The lowest BCUT2D eigenvalue weighted by Crippen LogP contribution is -2.46. The smallest absolute Gasteiger partial charge is 0.223 e. The van der Waals surface area contributed by atoms with Crippen LogP contribution in [0.4, 0.5) is 4.39 Å². The molecule has 0 radical (unpaired) electrons. The van der Waals surface area contributed by atoms with Gasteiger partial charge >= 0.3 is 0 Å². The minimum atomic E-state index is -0.173. The third kappa shape index (κ3) is 5.84. The Morgan fingerprint density at radius 2 is 1.53 bits per heavy atom. The molecule has 30 heavy (non-hydrogen) atoms. The molecule has 1 aromatic carbocycles. The van der Waals surface area contributed by atoms with Crippen LogP contribution in [0.15, 0.2) is 24.3 Å². The van der Waals surface area contributed by atoms with Crippen molar-refractivity contribution in [2.24, 2.45) is 17.8 Å². The zero-order valence-corrected chi connectivity index (χ0v) is 18.5. The van der Waals surface area contributed by atoms with Crippen LogP contribution < -0.4 is 5.32 Å². The first-order valence-electron chi connectivity index (χ1n) is 12.5. The summed E-state index contributed by atoms with van der Waals surface area (Å²) in [6.45, 7) is 2.98. The van der Waals surface area contributed by atoms with Crippen LogP contribution in [-0.2, 0) is 11.2 Å². The number of carbonyl (C=O) groups is 1. The molecule has 3 aliphatic rings. The van der Waals surface area contributed by atoms with Gasteiger partial charge in [-0.25, -0.2) is 4.39 Å². The van der Waals surface area contributed by atoms with Crippen molar-refractivity contribution < 1.29 is 9.18 Å². The van der Waals surface area contributed by atoms with Crippen molar-refractivity contribution in [2.75, 3.05) is 19.6 Å². The van der Waals surface area contributed by atoms with Crippen LogP contribution in [0.3, 0.4) is 0 Å². The highest BCUT2D eigenvalue weighted by molar-refractivity contribution is 5.79. The summed E-state index contributed by atoms with van der Waals surface area (Å²) in [5.74, 6) is 1.65. The highest BCUT2D eigenvalue weighted by Crippen LogP contribution is 2.40. The number of hydrogen-bond acceptors (Lipinski definition) is 2. The van der Waals surface area contributed by atoms with E-state index >= 15 is 0 Å². The second kappa shape index (κ2) is 10.7. The maximum Gasteiger partial charge on any atom is 0.223 e. The second-order valence-corrected chi connectivity index (χ2v) is 9.99. The van der Waals surface area contributed by atoms with Gasteiger partial charge in [-0.15, -0.1) is 0 Å². The molecule has 2 aliphatic carbocycles. The molecule has 1 saturated heterocycles. The van der Waals surface area contributed by atoms with Gasteiger partial charge in [0.15, 0.2) is 0 Å². The van der Waals surface area contributed by atoms with Crippen molar-refractivity contribution in [1.82, 2.24) is 10.2 Å². The lowest BCUT2D eigenvalue weighted by molar-refractivity contribution is -0.130. The topological polar surface area (TPSA) is 32.3 Å². The van der Waals surface area contributed by atoms with E-state index in [9.17, 15) is 9.18 Å². The maximum atomic E-state index is 13.5. The summed E-state index contributed by atoms with van der Waals surface area (Å²) in [7, 11) is 0. The van der Waals surface area contributed by atoms with Gasteiger partial charge in [-0.2, -0.15) is 0 Å². The van der Waals surface area contributed by atoms with Crippen LogP contribution in [0.1, 0.15) is 76.2 Å². The van der Waals surface area contributed by atoms with Crippen LogP contribution in [0, 0.1) is 23.6 Å². The van der Waals surface area contributed by atoms with E-state index in [0.717, 1.165) is 32.5 Å². The Morgan fingerprint density at radius 3 is 2.13 bits per heavy atom. The predicted molar refractivity (Wildman–Crippen MR) is 120 cm³/mol. The minimum Gasteiger partial charge on any atom is -0.352 e. The molecule has 3 fully saturated rings. The van der Waals surface area contributed by atoms with E-state index in [0.29, 0.717) is 23.8 Å². The number of nitrogens with zero attached hydrogens (tertiary/aromatic N) is 1. The van der Waals surface area contributed by atoms with E-state index in [1.165, 1.54) is 69.8 Å². The predicted octanol–water partition coefficient (Wildman–Crippen LogP) is 5.34. The molecule has 1 atom stereocenters. The van der Waals surface area contributed by atoms with E-state index in [-0.39, 0.29) is 11.7 Å². The zero-order chi connectivity index (χ0) is 20.8. The van der Waals surface area contributed by atoms with Gasteiger partial charge in [0.1, 0.15) is 5.82 Å². The van der Waals surface area contributed by atoms with Gasteiger partial charge in [0.2, 0.25) is 5.91 Å². The number of carbonyl (C=O) groups excluding carboxylic acids is 1. The second-order valence-electron chi connectivity index (χ2n) is 9.99. The molecule has 1 amide bonds. The molecule has 0 aromatic heterocycles. The van der Waals surface area contributed by atoms with Crippen LogP contribution in [0.25, 0.3) is 0 Å². The molecular weight excluding hydrogens is 375 g/mol. The Hall–Kier alpha value is -1.42. The first-order valence-corrected chi connectivity index (χ1v) is 12.5. The standard InChI is InChI=1S/C26H39FN2O/c27-23-13-11-20(12-14-23)15-17-29-18-16-24(19-29)28-26(30)25(21-7-3-1-4-8-21)22-9-5-2-6-10-22/h11-14,21-22,24-25H,1-10,15-19H2,(H,28,30). The van der Waals surface area contributed by atoms with Crippen molar-refractivity contribution in [3.05, 3.63) is 35.6 Å². The van der Waals surface area contributed by atoms with Gasteiger partial charge in [0.05, 0.1) is 0 Å². The van der Waals surface area contributed by atoms with E-state index in [1.807, 2.05) is 12.1 Å². The third-order valence-corrected chi connectivity index (χ3v) is 7.87. The summed E-state index contributed by atoms with van der Waals surface area (Å²) in [5, 5.41) is 3.48. The van der Waals surface area contributed by atoms with Crippen LogP contribution in [0.2, 0.25) is 0 Å². The monoisotopic (exact) mass is 414 g/mol. The van der Waals surface area contributed by atoms with E-state index in [1.54, 1.807) is 12.1 Å². The summed E-state index contributed by atoms with van der Waals surface area (Å²) in [6, 6.07) is 7.13. The van der Waals surface area contributed by atoms with Crippen molar-refractivity contribution in [3.63, 3.8) is 0 Å². The average molecular weight is 415 g/mol. The number of rotatable bonds is 7. The Morgan fingerprint density at radius 1 is 0.933 bits per heavy atom. The van der Waals surface area contributed by atoms with Crippen LogP contribution in [0.5, 0.6) is 0 Å². The largest absolute Gasteiger partial charge is 0.352 e. The Labute approximate surface area is 181 Å². The number of halogens is 1. The molecule has 1 N–H and O–H groups in total. The number of benzene rings is 1. The maximum absolute atomic E-state index is 13.5. The molecule has 1 aromatic rings. The molecule has 4 heteroatoms. The molecule has 1 heterocycles. The molecule has 2 saturated carbocycles. The van der Waals surface area contributed by atoms with Crippen LogP contribution >= 0.6 is 0 Å². The van der Waals surface area contributed by atoms with Gasteiger partial charge < -0.3 is 10.2 Å². The summed E-state index contributed by atoms with van der Waals surface area (Å²) in [4.78, 5) is 15.9. The SMILES string of the molecule is O=C(NC1CCN(CCc2ccc(F)cc2)C1)C(C1CCCCC1)C1CCCCC1. The summed E-state index contributed by atoms with van der Waals surface area (Å²) >= 11 is 0. The van der Waals surface area contributed by atoms with E-state index < -0.39 is 0 Å². The fourth-order valence-electron chi connectivity index (χ4n) is 6.19. The van der Waals surface area contributed by atoms with Gasteiger partial charge in [0, 0.05) is 31.6 Å². The zero-order valence-electron chi connectivity index (χ0n) is 18.5. The minimum absolute atomic E-state index is 0.173. The lowest BCUT2D eigenvalue weighted by Gasteiger charge is -2.37. The number of nitrogens with one attached hydrogen (secondary N) is 1. The van der Waals surface area contributed by atoms with E-state index in [4.69, 9.17) is 0 Å². The Balaban J connectivity index is 1.29. The molecule has 1 aliphatic heterocycles. The molecule has 166 valence electrons. The Kier molecular flexibility index (Phi) is 7.81. The molecule has 4 rings (SSSR count). The molecule has 0 spiro atoms. The van der Waals surface area contributed by atoms with Gasteiger partial charge in [-0.1, -0.05) is 50.7 Å². The number of amides is 1. The average Bonchev–Trinajstić information content (AvgIpc) is 3.22. The number of hydrogen-bond donors (Lipinski definition) is 1. The van der Waals surface area contributed by atoms with Gasteiger partial charge in [-0.3, -0.25) is 4.79 Å². The lowest BCUT2D eigenvalue weighted by atomic mass is 9.69. The fraction of sp³-hybridized carbons (Fsp3) is 0.731. The van der Waals surface area contributed by atoms with Crippen LogP contribution in [-0.4, -0.2) is 36.5 Å². The van der Waals surface area contributed by atoms with E-state index in [2.05, 4.69) is 10.2 Å². The summed E-state index contributed by atoms with van der Waals surface area (Å²) < 4.78 is 13.1. The fourth-order valence-corrected chi connectivity index (χ4v) is 6.19. The molecule has 3 nitrogen and oxygen atoms in total. The summed E-state index contributed by atoms with van der Waals surface area (Å²) in [5.41, 5.74) is 1.18. The summed E-state index contributed by atoms with van der Waals surface area (Å²) in [6.07, 6.45) is 14.9. The quantitative estimate of drug-likeness (QED) is 0.653. The normalized spacial score (nSPS) is 24.4. The molecule has 1 unspecified atom stereocenters. The van der Waals surface area contributed by atoms with Crippen molar-refractivity contribution >= 4 is 5.91 Å². The third-order valence-electron chi connectivity index (χ3n) is 7.87. The van der Waals surface area contributed by atoms with Gasteiger partial charge in [-0.05, 0) is 68.1 Å². The Bertz CT molecular complexity index is 646. The first-order chi connectivity index (χ1) is 14.7. The number of likely N-dealkylation sites (tertiary alicyclic amines) is 1. The first kappa shape index (κ1) is 21.8. The van der Waals surface area contributed by atoms with Crippen molar-refractivity contribution in [1.29, 1.82) is 0 Å². The van der Waals surface area contributed by atoms with Crippen molar-refractivity contribution in [3.8, 4) is 0 Å². The highest BCUT2D eigenvalue weighted by atomic mass is 19.1. The van der Waals surface area contributed by atoms with Crippen molar-refractivity contribution in [2.45, 2.75) is 83.1 Å².